The molecule has 1 fully saturated rings. The van der Waals surface area contributed by atoms with E-state index in [0.29, 0.717) is 23.2 Å². The molecule has 21 heavy (non-hydrogen) atoms. The summed E-state index contributed by atoms with van der Waals surface area (Å²) in [6.07, 6.45) is 3.90. The second-order valence-electron chi connectivity index (χ2n) is 6.23. The predicted molar refractivity (Wildman–Crippen MR) is 77.9 cm³/mol. The Morgan fingerprint density at radius 2 is 2.05 bits per heavy atom. The van der Waals surface area contributed by atoms with Gasteiger partial charge in [0.05, 0.1) is 5.54 Å². The summed E-state index contributed by atoms with van der Waals surface area (Å²) in [5.74, 6) is 1.42. The third-order valence-electron chi connectivity index (χ3n) is 4.44. The largest absolute Gasteiger partial charge is 0.334 e. The number of benzene rings is 1. The summed E-state index contributed by atoms with van der Waals surface area (Å²) in [7, 11) is 0. The second-order valence-corrected chi connectivity index (χ2v) is 6.23. The van der Waals surface area contributed by atoms with Crippen molar-refractivity contribution in [3.63, 3.8) is 0 Å². The van der Waals surface area contributed by atoms with Crippen LogP contribution < -0.4 is 5.73 Å². The zero-order valence-corrected chi connectivity index (χ0v) is 12.4. The van der Waals surface area contributed by atoms with Gasteiger partial charge in [0.1, 0.15) is 5.82 Å². The van der Waals surface area contributed by atoms with Crippen LogP contribution in [0.2, 0.25) is 0 Å². The maximum atomic E-state index is 13.3. The van der Waals surface area contributed by atoms with Gasteiger partial charge in [-0.15, -0.1) is 0 Å². The molecule has 1 saturated carbocycles. The lowest BCUT2D eigenvalue weighted by Crippen LogP contribution is -2.41. The van der Waals surface area contributed by atoms with Crippen LogP contribution in [0, 0.1) is 18.7 Å². The van der Waals surface area contributed by atoms with Crippen LogP contribution in [-0.2, 0) is 5.54 Å². The Morgan fingerprint density at radius 1 is 1.33 bits per heavy atom. The highest BCUT2D eigenvalue weighted by atomic mass is 19.1. The number of rotatable bonds is 2. The lowest BCUT2D eigenvalue weighted by molar-refractivity contribution is 0.230. The highest BCUT2D eigenvalue weighted by Crippen LogP contribution is 2.36. The number of nitrogens with zero attached hydrogens (tertiary/aromatic N) is 2. The minimum absolute atomic E-state index is 0.241. The number of halogens is 1. The summed E-state index contributed by atoms with van der Waals surface area (Å²) < 4.78 is 18.6. The van der Waals surface area contributed by atoms with Crippen LogP contribution >= 0.6 is 0 Å². The van der Waals surface area contributed by atoms with Crippen molar-refractivity contribution < 1.29 is 8.91 Å². The summed E-state index contributed by atoms with van der Waals surface area (Å²) in [5, 5.41) is 4.06. The van der Waals surface area contributed by atoms with Gasteiger partial charge in [-0.05, 0) is 62.3 Å². The third-order valence-corrected chi connectivity index (χ3v) is 4.44. The molecule has 0 amide bonds. The molecule has 3 rings (SSSR count). The molecule has 0 radical (unpaired) electrons. The maximum absolute atomic E-state index is 13.3. The Labute approximate surface area is 123 Å². The monoisotopic (exact) mass is 289 g/mol. The summed E-state index contributed by atoms with van der Waals surface area (Å²) >= 11 is 0. The zero-order chi connectivity index (χ0) is 15.0. The van der Waals surface area contributed by atoms with Crippen molar-refractivity contribution in [3.05, 3.63) is 35.4 Å². The molecule has 0 spiro atoms. The Bertz CT molecular complexity index is 645. The van der Waals surface area contributed by atoms with E-state index in [0.717, 1.165) is 31.2 Å². The van der Waals surface area contributed by atoms with Crippen LogP contribution in [-0.4, -0.2) is 10.1 Å². The van der Waals surface area contributed by atoms with Gasteiger partial charge in [0.25, 0.3) is 5.89 Å². The second kappa shape index (κ2) is 5.22. The molecule has 2 N–H and O–H groups in total. The smallest absolute Gasteiger partial charge is 0.258 e. The van der Waals surface area contributed by atoms with E-state index >= 15 is 0 Å². The Balaban J connectivity index is 1.87. The Hall–Kier alpha value is -1.75. The average Bonchev–Trinajstić information content (AvgIpc) is 2.96. The van der Waals surface area contributed by atoms with Gasteiger partial charge >= 0.3 is 0 Å². The first kappa shape index (κ1) is 14.2. The Morgan fingerprint density at radius 3 is 2.71 bits per heavy atom. The fraction of sp³-hybridized carbons (Fsp3) is 0.500. The molecule has 0 bridgehead atoms. The van der Waals surface area contributed by atoms with Gasteiger partial charge in [0.2, 0.25) is 0 Å². The van der Waals surface area contributed by atoms with Gasteiger partial charge < -0.3 is 10.3 Å². The molecule has 4 nitrogen and oxygen atoms in total. The topological polar surface area (TPSA) is 64.9 Å². The molecule has 1 aromatic carbocycles. The first-order valence-corrected chi connectivity index (χ1v) is 7.37. The minimum atomic E-state index is -0.497. The number of hydrogen-bond acceptors (Lipinski definition) is 4. The minimum Gasteiger partial charge on any atom is -0.334 e. The molecule has 1 aromatic heterocycles. The summed E-state index contributed by atoms with van der Waals surface area (Å²) in [6, 6.07) is 4.76. The molecule has 1 heterocycles. The van der Waals surface area contributed by atoms with E-state index in [1.165, 1.54) is 6.07 Å². The summed E-state index contributed by atoms with van der Waals surface area (Å²) in [4.78, 5) is 4.45. The van der Waals surface area contributed by atoms with Crippen LogP contribution in [0.15, 0.2) is 22.7 Å². The number of aromatic nitrogens is 2. The van der Waals surface area contributed by atoms with Crippen LogP contribution in [0.1, 0.15) is 44.0 Å². The van der Waals surface area contributed by atoms with E-state index in [1.807, 2.05) is 0 Å². The lowest BCUT2D eigenvalue weighted by atomic mass is 9.77. The van der Waals surface area contributed by atoms with Gasteiger partial charge in [0, 0.05) is 5.56 Å². The molecule has 2 aromatic rings. The molecule has 0 aliphatic heterocycles. The third kappa shape index (κ3) is 2.70. The van der Waals surface area contributed by atoms with E-state index in [-0.39, 0.29) is 5.82 Å². The van der Waals surface area contributed by atoms with Gasteiger partial charge in [-0.1, -0.05) is 12.1 Å². The average molecular weight is 289 g/mol. The molecular formula is C16H20FN3O. The molecule has 0 unspecified atom stereocenters. The number of aryl methyl sites for hydroxylation is 1. The molecule has 1 aliphatic carbocycles. The Kier molecular flexibility index (Phi) is 3.53. The number of nitrogens with two attached hydrogens (primary N) is 1. The van der Waals surface area contributed by atoms with Gasteiger partial charge in [-0.25, -0.2) is 4.39 Å². The fourth-order valence-corrected chi connectivity index (χ4v) is 2.82. The zero-order valence-electron chi connectivity index (χ0n) is 12.4. The van der Waals surface area contributed by atoms with E-state index in [9.17, 15) is 4.39 Å². The molecule has 1 aliphatic rings. The van der Waals surface area contributed by atoms with Crippen molar-refractivity contribution in [3.8, 4) is 11.5 Å². The van der Waals surface area contributed by atoms with Crippen LogP contribution in [0.3, 0.4) is 0 Å². The fourth-order valence-electron chi connectivity index (χ4n) is 2.82. The van der Waals surface area contributed by atoms with Crippen molar-refractivity contribution >= 4 is 0 Å². The highest BCUT2D eigenvalue weighted by Gasteiger charge is 2.36. The molecule has 0 saturated heterocycles. The summed E-state index contributed by atoms with van der Waals surface area (Å²) in [5.41, 5.74) is 7.23. The number of hydrogen-bond donors (Lipinski definition) is 1. The van der Waals surface area contributed by atoms with E-state index in [2.05, 4.69) is 17.1 Å². The van der Waals surface area contributed by atoms with Gasteiger partial charge in [-0.3, -0.25) is 0 Å². The van der Waals surface area contributed by atoms with Crippen LogP contribution in [0.5, 0.6) is 0 Å². The first-order chi connectivity index (χ1) is 9.98. The van der Waals surface area contributed by atoms with Crippen LogP contribution in [0.4, 0.5) is 4.39 Å². The first-order valence-electron chi connectivity index (χ1n) is 7.37. The van der Waals surface area contributed by atoms with Crippen LogP contribution in [0.25, 0.3) is 11.5 Å². The molecule has 0 atom stereocenters. The predicted octanol–water partition coefficient (Wildman–Crippen LogP) is 3.55. The molecule has 5 heteroatoms. The standard InChI is InChI=1S/C16H20FN3O/c1-10-5-7-16(18,8-6-10)15-19-14(21-20-15)12-3-4-13(17)11(2)9-12/h3-4,9-10H,5-8,18H2,1-2H3. The maximum Gasteiger partial charge on any atom is 0.258 e. The lowest BCUT2D eigenvalue weighted by Gasteiger charge is -2.33. The molecular weight excluding hydrogens is 269 g/mol. The van der Waals surface area contributed by atoms with Crippen molar-refractivity contribution in [2.75, 3.05) is 0 Å². The van der Waals surface area contributed by atoms with Crippen molar-refractivity contribution in [2.24, 2.45) is 11.7 Å². The van der Waals surface area contributed by atoms with Crippen molar-refractivity contribution in [1.29, 1.82) is 0 Å². The van der Waals surface area contributed by atoms with Crippen molar-refractivity contribution in [2.45, 2.75) is 45.1 Å². The summed E-state index contributed by atoms with van der Waals surface area (Å²) in [6.45, 7) is 3.95. The van der Waals surface area contributed by atoms with E-state index in [4.69, 9.17) is 10.3 Å². The van der Waals surface area contributed by atoms with Gasteiger partial charge in [0.15, 0.2) is 5.82 Å². The normalized spacial score (nSPS) is 26.0. The van der Waals surface area contributed by atoms with Gasteiger partial charge in [-0.2, -0.15) is 4.98 Å². The SMILES string of the molecule is Cc1cc(-c2nc(C3(N)CCC(C)CC3)no2)ccc1F. The molecule has 112 valence electrons. The van der Waals surface area contributed by atoms with E-state index < -0.39 is 5.54 Å². The van der Waals surface area contributed by atoms with E-state index in [1.54, 1.807) is 19.1 Å². The van der Waals surface area contributed by atoms with Crippen molar-refractivity contribution in [1.82, 2.24) is 10.1 Å². The highest BCUT2D eigenvalue weighted by molar-refractivity contribution is 5.54. The quantitative estimate of drug-likeness (QED) is 0.918.